The summed E-state index contributed by atoms with van der Waals surface area (Å²) in [5, 5.41) is 3.39. The topological polar surface area (TPSA) is 50.7 Å². The number of aryl methyl sites for hydroxylation is 1. The highest BCUT2D eigenvalue weighted by atomic mass is 32.2. The van der Waals surface area contributed by atoms with Crippen LogP contribution in [0.4, 0.5) is 5.69 Å². The fraction of sp³-hybridized carbons (Fsp3) is 0.444. The SMILES string of the molecule is CCCC[C@@]1(C2=CCC(=Nc3ccccc3C)N2)OC(=O)CS1. The number of aliphatic imine (C=N–C) groups is 1. The number of esters is 1. The third-order valence-corrected chi connectivity index (χ3v) is 5.47. The number of hydrogen-bond acceptors (Lipinski definition) is 4. The third-order valence-electron chi connectivity index (χ3n) is 4.12. The molecule has 5 heteroatoms. The van der Waals surface area contributed by atoms with Crippen molar-refractivity contribution in [2.75, 3.05) is 5.75 Å². The third kappa shape index (κ3) is 3.44. The van der Waals surface area contributed by atoms with Gasteiger partial charge in [0.1, 0.15) is 5.84 Å². The van der Waals surface area contributed by atoms with E-state index in [-0.39, 0.29) is 5.97 Å². The Hall–Kier alpha value is -1.75. The Morgan fingerprint density at radius 2 is 2.22 bits per heavy atom. The molecule has 2 heterocycles. The molecule has 1 saturated heterocycles. The monoisotopic (exact) mass is 330 g/mol. The molecular formula is C18H22N2O2S. The Bertz CT molecular complexity index is 669. The molecule has 23 heavy (non-hydrogen) atoms. The van der Waals surface area contributed by atoms with Gasteiger partial charge >= 0.3 is 5.97 Å². The molecule has 1 atom stereocenters. The molecule has 4 nitrogen and oxygen atoms in total. The minimum absolute atomic E-state index is 0.127. The average Bonchev–Trinajstić information content (AvgIpc) is 3.15. The van der Waals surface area contributed by atoms with Crippen LogP contribution in [0.3, 0.4) is 0 Å². The zero-order valence-electron chi connectivity index (χ0n) is 13.6. The first kappa shape index (κ1) is 16.1. The maximum Gasteiger partial charge on any atom is 0.317 e. The van der Waals surface area contributed by atoms with Crippen LogP contribution >= 0.6 is 11.8 Å². The van der Waals surface area contributed by atoms with Crippen LogP contribution in [-0.4, -0.2) is 22.5 Å². The van der Waals surface area contributed by atoms with Gasteiger partial charge < -0.3 is 10.1 Å². The van der Waals surface area contributed by atoms with Crippen molar-refractivity contribution in [1.29, 1.82) is 0 Å². The lowest BCUT2D eigenvalue weighted by molar-refractivity contribution is -0.144. The Morgan fingerprint density at radius 3 is 2.91 bits per heavy atom. The summed E-state index contributed by atoms with van der Waals surface area (Å²) in [7, 11) is 0. The summed E-state index contributed by atoms with van der Waals surface area (Å²) in [6.07, 6.45) is 5.81. The van der Waals surface area contributed by atoms with E-state index in [4.69, 9.17) is 9.73 Å². The first-order valence-corrected chi connectivity index (χ1v) is 9.08. The van der Waals surface area contributed by atoms with Gasteiger partial charge in [0.2, 0.25) is 0 Å². The first-order valence-electron chi connectivity index (χ1n) is 8.09. The van der Waals surface area contributed by atoms with Crippen LogP contribution in [0.5, 0.6) is 0 Å². The molecule has 0 bridgehead atoms. The summed E-state index contributed by atoms with van der Waals surface area (Å²) in [4.78, 5) is 15.8. The van der Waals surface area contributed by atoms with Crippen LogP contribution in [0.15, 0.2) is 41.0 Å². The summed E-state index contributed by atoms with van der Waals surface area (Å²) in [5.74, 6) is 1.21. The normalized spacial score (nSPS) is 25.4. The summed E-state index contributed by atoms with van der Waals surface area (Å²) >= 11 is 1.59. The highest BCUT2D eigenvalue weighted by Crippen LogP contribution is 2.44. The smallest absolute Gasteiger partial charge is 0.317 e. The fourth-order valence-electron chi connectivity index (χ4n) is 2.83. The number of nitrogens with one attached hydrogen (secondary N) is 1. The van der Waals surface area contributed by atoms with Gasteiger partial charge in [0.05, 0.1) is 17.1 Å². The molecule has 122 valence electrons. The van der Waals surface area contributed by atoms with E-state index in [1.165, 1.54) is 0 Å². The summed E-state index contributed by atoms with van der Waals surface area (Å²) < 4.78 is 5.70. The van der Waals surface area contributed by atoms with Crippen molar-refractivity contribution in [2.45, 2.75) is 44.5 Å². The van der Waals surface area contributed by atoms with Crippen molar-refractivity contribution >= 4 is 29.3 Å². The van der Waals surface area contributed by atoms with Crippen LogP contribution < -0.4 is 5.32 Å². The molecule has 2 aliphatic heterocycles. The van der Waals surface area contributed by atoms with E-state index in [2.05, 4.69) is 31.3 Å². The van der Waals surface area contributed by atoms with E-state index in [1.807, 2.05) is 18.2 Å². The number of benzene rings is 1. The molecule has 0 amide bonds. The Kier molecular flexibility index (Phi) is 4.76. The lowest BCUT2D eigenvalue weighted by Crippen LogP contribution is -2.35. The number of para-hydroxylation sites is 1. The van der Waals surface area contributed by atoms with E-state index < -0.39 is 4.93 Å². The molecule has 1 aromatic rings. The number of hydrogen-bond donors (Lipinski definition) is 1. The quantitative estimate of drug-likeness (QED) is 0.827. The Morgan fingerprint density at radius 1 is 1.39 bits per heavy atom. The number of rotatable bonds is 5. The predicted molar refractivity (Wildman–Crippen MR) is 94.9 cm³/mol. The van der Waals surface area contributed by atoms with Crippen molar-refractivity contribution < 1.29 is 9.53 Å². The number of carbonyl (C=O) groups is 1. The maximum absolute atomic E-state index is 11.7. The van der Waals surface area contributed by atoms with Crippen LogP contribution in [0, 0.1) is 6.92 Å². The highest BCUT2D eigenvalue weighted by molar-refractivity contribution is 8.01. The number of unbranched alkanes of at least 4 members (excludes halogenated alkanes) is 1. The number of cyclic esters (lactones) is 1. The van der Waals surface area contributed by atoms with Crippen molar-refractivity contribution in [2.24, 2.45) is 4.99 Å². The molecular weight excluding hydrogens is 308 g/mol. The molecule has 0 spiro atoms. The molecule has 2 aliphatic rings. The standard InChI is InChI=1S/C18H22N2O2S/c1-3-4-11-18(22-17(21)12-23-18)15-9-10-16(20-15)19-14-8-6-5-7-13(14)2/h5-9H,3-4,10-12H2,1-2H3,(H,19,20)/t18-/m1/s1. The highest BCUT2D eigenvalue weighted by Gasteiger charge is 2.45. The number of thioether (sulfide) groups is 1. The molecule has 0 aliphatic carbocycles. The molecule has 0 radical (unpaired) electrons. The minimum atomic E-state index is -0.546. The van der Waals surface area contributed by atoms with Gasteiger partial charge in [-0.2, -0.15) is 0 Å². The van der Waals surface area contributed by atoms with E-state index in [9.17, 15) is 4.79 Å². The molecule has 0 unspecified atom stereocenters. The second kappa shape index (κ2) is 6.79. The Labute approximate surface area is 141 Å². The number of amidine groups is 1. The minimum Gasteiger partial charge on any atom is -0.441 e. The molecule has 3 rings (SSSR count). The van der Waals surface area contributed by atoms with Crippen molar-refractivity contribution in [3.8, 4) is 0 Å². The van der Waals surface area contributed by atoms with E-state index in [1.54, 1.807) is 11.8 Å². The molecule has 1 N–H and O–H groups in total. The maximum atomic E-state index is 11.7. The van der Waals surface area contributed by atoms with Crippen LogP contribution in [-0.2, 0) is 9.53 Å². The van der Waals surface area contributed by atoms with Gasteiger partial charge in [-0.3, -0.25) is 4.79 Å². The number of nitrogens with zero attached hydrogens (tertiary/aromatic N) is 1. The first-order chi connectivity index (χ1) is 11.1. The van der Waals surface area contributed by atoms with E-state index >= 15 is 0 Å². The van der Waals surface area contributed by atoms with Gasteiger partial charge in [-0.25, -0.2) is 4.99 Å². The van der Waals surface area contributed by atoms with Crippen LogP contribution in [0.25, 0.3) is 0 Å². The molecule has 1 aromatic carbocycles. The summed E-state index contributed by atoms with van der Waals surface area (Å²) in [6, 6.07) is 8.07. The number of ether oxygens (including phenoxy) is 1. The zero-order valence-corrected chi connectivity index (χ0v) is 14.4. The zero-order chi connectivity index (χ0) is 16.3. The van der Waals surface area contributed by atoms with Gasteiger partial charge in [0.25, 0.3) is 0 Å². The fourth-order valence-corrected chi connectivity index (χ4v) is 3.97. The van der Waals surface area contributed by atoms with Gasteiger partial charge in [-0.05, 0) is 25.0 Å². The lowest BCUT2D eigenvalue weighted by atomic mass is 10.1. The van der Waals surface area contributed by atoms with Gasteiger partial charge in [0.15, 0.2) is 4.93 Å². The van der Waals surface area contributed by atoms with Gasteiger partial charge in [0, 0.05) is 12.8 Å². The van der Waals surface area contributed by atoms with E-state index in [0.717, 1.165) is 48.5 Å². The molecule has 0 aromatic heterocycles. The largest absolute Gasteiger partial charge is 0.441 e. The van der Waals surface area contributed by atoms with Crippen LogP contribution in [0.2, 0.25) is 0 Å². The summed E-state index contributed by atoms with van der Waals surface area (Å²) in [5.41, 5.74) is 3.11. The van der Waals surface area contributed by atoms with Crippen molar-refractivity contribution in [3.05, 3.63) is 41.6 Å². The van der Waals surface area contributed by atoms with Crippen LogP contribution in [0.1, 0.15) is 38.2 Å². The predicted octanol–water partition coefficient (Wildman–Crippen LogP) is 4.08. The average molecular weight is 330 g/mol. The number of carbonyl (C=O) groups excluding carboxylic acids is 1. The second-order valence-corrected chi connectivity index (χ2v) is 7.15. The van der Waals surface area contributed by atoms with Gasteiger partial charge in [-0.15, -0.1) is 0 Å². The van der Waals surface area contributed by atoms with Crippen molar-refractivity contribution in [3.63, 3.8) is 0 Å². The van der Waals surface area contributed by atoms with E-state index in [0.29, 0.717) is 5.75 Å². The second-order valence-electron chi connectivity index (χ2n) is 5.91. The lowest BCUT2D eigenvalue weighted by Gasteiger charge is -2.28. The molecule has 0 saturated carbocycles. The Balaban J connectivity index is 1.77. The van der Waals surface area contributed by atoms with Gasteiger partial charge in [-0.1, -0.05) is 49.4 Å². The molecule has 1 fully saturated rings. The van der Waals surface area contributed by atoms with Crippen molar-refractivity contribution in [1.82, 2.24) is 5.32 Å². The summed E-state index contributed by atoms with van der Waals surface area (Å²) in [6.45, 7) is 4.21.